The second kappa shape index (κ2) is 7.22. The number of ether oxygens (including phenoxy) is 1. The number of hydrogen-bond acceptors (Lipinski definition) is 5. The lowest BCUT2D eigenvalue weighted by Gasteiger charge is -2.11. The Hall–Kier alpha value is -1.88. The summed E-state index contributed by atoms with van der Waals surface area (Å²) in [4.78, 5) is 12.1. The van der Waals surface area contributed by atoms with Gasteiger partial charge in [0.05, 0.1) is 12.3 Å². The minimum absolute atomic E-state index is 0.320. The lowest BCUT2D eigenvalue weighted by Crippen LogP contribution is -2.08. The molecule has 0 fully saturated rings. The molecule has 0 aliphatic rings. The van der Waals surface area contributed by atoms with Crippen LogP contribution >= 0.6 is 11.5 Å². The molecule has 0 bridgehead atoms. The number of aryl methyl sites for hydroxylation is 2. The van der Waals surface area contributed by atoms with Crippen LogP contribution in [0.5, 0.6) is 0 Å². The highest BCUT2D eigenvalue weighted by Crippen LogP contribution is 2.30. The fourth-order valence-corrected chi connectivity index (χ4v) is 2.95. The zero-order valence-electron chi connectivity index (χ0n) is 12.6. The number of nitrogens with one attached hydrogen (secondary N) is 1. The van der Waals surface area contributed by atoms with Crippen molar-refractivity contribution in [2.24, 2.45) is 0 Å². The fraction of sp³-hybridized carbons (Fsp3) is 0.375. The summed E-state index contributed by atoms with van der Waals surface area (Å²) in [6.07, 6.45) is 2.07. The van der Waals surface area contributed by atoms with E-state index in [1.54, 1.807) is 6.92 Å². The van der Waals surface area contributed by atoms with Gasteiger partial charge in [0.2, 0.25) is 0 Å². The van der Waals surface area contributed by atoms with Gasteiger partial charge in [0.1, 0.15) is 10.6 Å². The Bertz CT molecular complexity index is 622. The van der Waals surface area contributed by atoms with E-state index in [1.807, 2.05) is 25.1 Å². The van der Waals surface area contributed by atoms with Gasteiger partial charge in [-0.05, 0) is 43.4 Å². The monoisotopic (exact) mass is 304 g/mol. The Morgan fingerprint density at radius 2 is 2.10 bits per heavy atom. The Balaban J connectivity index is 2.30. The van der Waals surface area contributed by atoms with Gasteiger partial charge in [0.15, 0.2) is 0 Å². The molecule has 0 atom stereocenters. The summed E-state index contributed by atoms with van der Waals surface area (Å²) in [5, 5.41) is 4.09. The zero-order valence-corrected chi connectivity index (χ0v) is 13.4. The lowest BCUT2D eigenvalue weighted by molar-refractivity contribution is 0.0527. The summed E-state index contributed by atoms with van der Waals surface area (Å²) in [5.41, 5.74) is 3.50. The van der Waals surface area contributed by atoms with Crippen LogP contribution in [-0.4, -0.2) is 16.9 Å². The van der Waals surface area contributed by atoms with E-state index in [0.29, 0.717) is 17.9 Å². The van der Waals surface area contributed by atoms with Gasteiger partial charge < -0.3 is 10.1 Å². The van der Waals surface area contributed by atoms with Crippen LogP contribution in [0.2, 0.25) is 0 Å². The first-order valence-electron chi connectivity index (χ1n) is 7.15. The van der Waals surface area contributed by atoms with E-state index in [9.17, 15) is 4.79 Å². The second-order valence-electron chi connectivity index (χ2n) is 4.72. The molecule has 0 aliphatic carbocycles. The molecule has 1 heterocycles. The largest absolute Gasteiger partial charge is 0.462 e. The van der Waals surface area contributed by atoms with Crippen LogP contribution in [0.15, 0.2) is 24.3 Å². The van der Waals surface area contributed by atoms with E-state index in [2.05, 4.69) is 22.7 Å². The molecule has 112 valence electrons. The zero-order chi connectivity index (χ0) is 15.2. The molecule has 5 heteroatoms. The number of nitrogens with zero attached hydrogens (tertiary/aromatic N) is 1. The van der Waals surface area contributed by atoms with Gasteiger partial charge in [-0.2, -0.15) is 4.37 Å². The predicted molar refractivity (Wildman–Crippen MR) is 86.5 cm³/mol. The molecule has 0 aliphatic heterocycles. The van der Waals surface area contributed by atoms with Gasteiger partial charge in [-0.1, -0.05) is 31.5 Å². The van der Waals surface area contributed by atoms with Gasteiger partial charge in [0.25, 0.3) is 0 Å². The SMILES string of the molecule is CCCc1ccccc1Nc1snc(C)c1C(=O)OCC. The van der Waals surface area contributed by atoms with E-state index in [1.165, 1.54) is 17.1 Å². The van der Waals surface area contributed by atoms with Gasteiger partial charge in [-0.15, -0.1) is 0 Å². The number of aromatic nitrogens is 1. The minimum atomic E-state index is -0.320. The number of para-hydroxylation sites is 1. The van der Waals surface area contributed by atoms with E-state index in [-0.39, 0.29) is 5.97 Å². The number of anilines is 2. The summed E-state index contributed by atoms with van der Waals surface area (Å²) in [5.74, 6) is -0.320. The summed E-state index contributed by atoms with van der Waals surface area (Å²) < 4.78 is 9.38. The minimum Gasteiger partial charge on any atom is -0.462 e. The molecule has 0 amide bonds. The number of carbonyl (C=O) groups is 1. The second-order valence-corrected chi connectivity index (χ2v) is 5.50. The van der Waals surface area contributed by atoms with E-state index < -0.39 is 0 Å². The van der Waals surface area contributed by atoms with Crippen LogP contribution in [0, 0.1) is 6.92 Å². The molecular formula is C16H20N2O2S. The van der Waals surface area contributed by atoms with Crippen molar-refractivity contribution in [1.29, 1.82) is 0 Å². The van der Waals surface area contributed by atoms with Crippen LogP contribution in [0.25, 0.3) is 0 Å². The van der Waals surface area contributed by atoms with Gasteiger partial charge in [-0.25, -0.2) is 4.79 Å². The topological polar surface area (TPSA) is 51.2 Å². The summed E-state index contributed by atoms with van der Waals surface area (Å²) in [6.45, 7) is 6.14. The average Bonchev–Trinajstić information content (AvgIpc) is 2.82. The van der Waals surface area contributed by atoms with Crippen molar-refractivity contribution in [2.45, 2.75) is 33.6 Å². The van der Waals surface area contributed by atoms with E-state index in [0.717, 1.165) is 23.5 Å². The summed E-state index contributed by atoms with van der Waals surface area (Å²) >= 11 is 1.29. The fourth-order valence-electron chi connectivity index (χ4n) is 2.15. The third kappa shape index (κ3) is 3.61. The molecular weight excluding hydrogens is 284 g/mol. The standard InChI is InChI=1S/C16H20N2O2S/c1-4-8-12-9-6-7-10-13(12)17-15-14(11(3)18-21-15)16(19)20-5-2/h6-7,9-10,17H,4-5,8H2,1-3H3. The molecule has 1 aromatic carbocycles. The highest BCUT2D eigenvalue weighted by atomic mass is 32.1. The molecule has 0 unspecified atom stereocenters. The molecule has 0 saturated heterocycles. The summed E-state index contributed by atoms with van der Waals surface area (Å²) in [7, 11) is 0. The van der Waals surface area contributed by atoms with Crippen molar-refractivity contribution >= 4 is 28.2 Å². The average molecular weight is 304 g/mol. The first kappa shape index (κ1) is 15.5. The maximum atomic E-state index is 12.1. The van der Waals surface area contributed by atoms with Crippen molar-refractivity contribution in [2.75, 3.05) is 11.9 Å². The molecule has 1 N–H and O–H groups in total. The molecule has 0 saturated carbocycles. The quantitative estimate of drug-likeness (QED) is 0.807. The molecule has 0 radical (unpaired) electrons. The van der Waals surface area contributed by atoms with Crippen molar-refractivity contribution in [3.63, 3.8) is 0 Å². The van der Waals surface area contributed by atoms with Gasteiger partial charge in [0, 0.05) is 5.69 Å². The molecule has 4 nitrogen and oxygen atoms in total. The van der Waals surface area contributed by atoms with E-state index in [4.69, 9.17) is 4.74 Å². The van der Waals surface area contributed by atoms with Crippen LogP contribution in [0.3, 0.4) is 0 Å². The Labute approximate surface area is 129 Å². The smallest absolute Gasteiger partial charge is 0.343 e. The van der Waals surface area contributed by atoms with Crippen molar-refractivity contribution in [3.05, 3.63) is 41.1 Å². The number of rotatable bonds is 6. The number of esters is 1. The Morgan fingerprint density at radius 3 is 2.81 bits per heavy atom. The van der Waals surface area contributed by atoms with Crippen LogP contribution < -0.4 is 5.32 Å². The number of hydrogen-bond donors (Lipinski definition) is 1. The Kier molecular flexibility index (Phi) is 5.33. The molecule has 2 aromatic rings. The first-order chi connectivity index (χ1) is 10.2. The van der Waals surface area contributed by atoms with Gasteiger partial charge in [-0.3, -0.25) is 0 Å². The molecule has 0 spiro atoms. The summed E-state index contributed by atoms with van der Waals surface area (Å²) in [6, 6.07) is 8.14. The highest BCUT2D eigenvalue weighted by molar-refractivity contribution is 7.10. The maximum Gasteiger partial charge on any atom is 0.343 e. The van der Waals surface area contributed by atoms with Crippen molar-refractivity contribution in [1.82, 2.24) is 4.37 Å². The lowest BCUT2D eigenvalue weighted by atomic mass is 10.1. The maximum absolute atomic E-state index is 12.1. The van der Waals surface area contributed by atoms with Crippen LogP contribution in [0.1, 0.15) is 41.9 Å². The third-order valence-corrected chi connectivity index (χ3v) is 3.98. The van der Waals surface area contributed by atoms with Gasteiger partial charge >= 0.3 is 5.97 Å². The normalized spacial score (nSPS) is 10.4. The van der Waals surface area contributed by atoms with Crippen molar-refractivity contribution < 1.29 is 9.53 Å². The van der Waals surface area contributed by atoms with Crippen molar-refractivity contribution in [3.8, 4) is 0 Å². The van der Waals surface area contributed by atoms with E-state index >= 15 is 0 Å². The molecule has 21 heavy (non-hydrogen) atoms. The third-order valence-electron chi connectivity index (χ3n) is 3.13. The molecule has 2 rings (SSSR count). The first-order valence-corrected chi connectivity index (χ1v) is 7.93. The Morgan fingerprint density at radius 1 is 1.33 bits per heavy atom. The highest BCUT2D eigenvalue weighted by Gasteiger charge is 2.20. The van der Waals surface area contributed by atoms with Crippen LogP contribution in [-0.2, 0) is 11.2 Å². The van der Waals surface area contributed by atoms with Crippen LogP contribution in [0.4, 0.5) is 10.7 Å². The number of carbonyl (C=O) groups excluding carboxylic acids is 1. The molecule has 1 aromatic heterocycles. The predicted octanol–water partition coefficient (Wildman–Crippen LogP) is 4.32. The number of benzene rings is 1.